The smallest absolute Gasteiger partial charge is 0.276 e. The van der Waals surface area contributed by atoms with Crippen LogP contribution in [0.4, 0.5) is 11.4 Å². The van der Waals surface area contributed by atoms with Crippen LogP contribution in [0.1, 0.15) is 16.1 Å². The minimum atomic E-state index is -0.267. The van der Waals surface area contributed by atoms with Gasteiger partial charge < -0.3 is 10.6 Å². The molecule has 2 amide bonds. The van der Waals surface area contributed by atoms with Gasteiger partial charge in [0.1, 0.15) is 0 Å². The van der Waals surface area contributed by atoms with Crippen LogP contribution in [-0.4, -0.2) is 27.5 Å². The van der Waals surface area contributed by atoms with Crippen LogP contribution in [0.15, 0.2) is 47.8 Å². The summed E-state index contributed by atoms with van der Waals surface area (Å²) in [6.45, 7) is 0. The van der Waals surface area contributed by atoms with Gasteiger partial charge in [-0.1, -0.05) is 17.8 Å². The molecule has 3 heterocycles. The highest BCUT2D eigenvalue weighted by Gasteiger charge is 2.20. The Hall–Kier alpha value is -2.80. The van der Waals surface area contributed by atoms with Gasteiger partial charge in [-0.05, 0) is 42.2 Å². The lowest BCUT2D eigenvalue weighted by molar-refractivity contribution is -0.115. The predicted molar refractivity (Wildman–Crippen MR) is 93.7 cm³/mol. The maximum atomic E-state index is 12.6. The highest BCUT2D eigenvalue weighted by Crippen LogP contribution is 2.27. The van der Waals surface area contributed by atoms with Crippen LogP contribution >= 0.6 is 11.8 Å². The first-order valence-electron chi connectivity index (χ1n) is 7.41. The van der Waals surface area contributed by atoms with E-state index in [0.717, 1.165) is 21.9 Å². The number of rotatable bonds is 3. The number of hydrogen-bond acceptors (Lipinski definition) is 4. The second-order valence-electron chi connectivity index (χ2n) is 5.45. The topological polar surface area (TPSA) is 75.5 Å². The molecule has 0 aliphatic carbocycles. The Balaban J connectivity index is 1.66. The lowest BCUT2D eigenvalue weighted by Gasteiger charge is -2.06. The molecule has 0 saturated carbocycles. The summed E-state index contributed by atoms with van der Waals surface area (Å²) in [5.74, 6) is -0.297. The standard InChI is InChI=1S/C17H14N4O2S/c1-24-17-20-15(13-4-2-3-7-21(13)17)16(23)18-11-5-6-12-10(8-11)9-14(22)19-12/h2-8H,9H2,1H3,(H,18,23)(H,19,22). The Bertz CT molecular complexity index is 980. The number of nitrogens with zero attached hydrogens (tertiary/aromatic N) is 2. The largest absolute Gasteiger partial charge is 0.326 e. The molecule has 24 heavy (non-hydrogen) atoms. The van der Waals surface area contributed by atoms with E-state index < -0.39 is 0 Å². The van der Waals surface area contributed by atoms with Gasteiger partial charge in [0.25, 0.3) is 5.91 Å². The zero-order valence-electron chi connectivity index (χ0n) is 12.9. The van der Waals surface area contributed by atoms with E-state index in [4.69, 9.17) is 0 Å². The number of fused-ring (bicyclic) bond motifs is 2. The highest BCUT2D eigenvalue weighted by atomic mass is 32.2. The van der Waals surface area contributed by atoms with Crippen molar-refractivity contribution in [3.63, 3.8) is 0 Å². The molecule has 0 unspecified atom stereocenters. The average Bonchev–Trinajstić information content (AvgIpc) is 3.13. The summed E-state index contributed by atoms with van der Waals surface area (Å²) < 4.78 is 1.89. The maximum Gasteiger partial charge on any atom is 0.276 e. The second-order valence-corrected chi connectivity index (χ2v) is 6.23. The fraction of sp³-hybridized carbons (Fsp3) is 0.118. The third kappa shape index (κ3) is 2.43. The van der Waals surface area contributed by atoms with E-state index in [0.29, 0.717) is 17.8 Å². The van der Waals surface area contributed by atoms with Crippen LogP contribution < -0.4 is 10.6 Å². The van der Waals surface area contributed by atoms with Crippen molar-refractivity contribution in [3.8, 4) is 0 Å². The number of imidazole rings is 1. The van der Waals surface area contributed by atoms with Crippen molar-refractivity contribution in [2.75, 3.05) is 16.9 Å². The first-order chi connectivity index (χ1) is 11.7. The highest BCUT2D eigenvalue weighted by molar-refractivity contribution is 7.98. The number of amides is 2. The third-order valence-corrected chi connectivity index (χ3v) is 4.56. The fourth-order valence-electron chi connectivity index (χ4n) is 2.82. The lowest BCUT2D eigenvalue weighted by Crippen LogP contribution is -2.13. The fourth-order valence-corrected chi connectivity index (χ4v) is 3.36. The third-order valence-electron chi connectivity index (χ3n) is 3.90. The molecular weight excluding hydrogens is 324 g/mol. The minimum Gasteiger partial charge on any atom is -0.326 e. The van der Waals surface area contributed by atoms with E-state index in [1.165, 1.54) is 11.8 Å². The maximum absolute atomic E-state index is 12.6. The summed E-state index contributed by atoms with van der Waals surface area (Å²) in [6.07, 6.45) is 4.15. The van der Waals surface area contributed by atoms with Crippen LogP contribution in [0, 0.1) is 0 Å². The Morgan fingerprint density at radius 3 is 3.04 bits per heavy atom. The molecule has 3 aromatic rings. The summed E-state index contributed by atoms with van der Waals surface area (Å²) in [5.41, 5.74) is 3.48. The molecule has 120 valence electrons. The molecule has 0 atom stereocenters. The Morgan fingerprint density at radius 2 is 2.21 bits per heavy atom. The zero-order chi connectivity index (χ0) is 16.7. The molecule has 1 aliphatic heterocycles. The predicted octanol–water partition coefficient (Wildman–Crippen LogP) is 2.80. The van der Waals surface area contributed by atoms with Crippen LogP contribution in [0.25, 0.3) is 5.52 Å². The molecule has 0 saturated heterocycles. The normalized spacial score (nSPS) is 13.0. The number of carbonyl (C=O) groups is 2. The van der Waals surface area contributed by atoms with Crippen molar-refractivity contribution in [1.29, 1.82) is 0 Å². The first-order valence-corrected chi connectivity index (χ1v) is 8.63. The molecule has 0 radical (unpaired) electrons. The Kier molecular flexibility index (Phi) is 3.50. The van der Waals surface area contributed by atoms with Gasteiger partial charge in [-0.15, -0.1) is 0 Å². The average molecular weight is 338 g/mol. The molecule has 0 spiro atoms. The number of nitrogens with one attached hydrogen (secondary N) is 2. The van der Waals surface area contributed by atoms with Gasteiger partial charge in [-0.25, -0.2) is 4.98 Å². The summed E-state index contributed by atoms with van der Waals surface area (Å²) in [6, 6.07) is 11.0. The molecule has 7 heteroatoms. The number of anilines is 2. The summed E-state index contributed by atoms with van der Waals surface area (Å²) >= 11 is 1.49. The van der Waals surface area contributed by atoms with E-state index in [-0.39, 0.29) is 11.8 Å². The SMILES string of the molecule is CSc1nc(C(=O)Nc2ccc3c(c2)CC(=O)N3)c2ccccn12. The van der Waals surface area contributed by atoms with E-state index in [1.807, 2.05) is 41.1 Å². The van der Waals surface area contributed by atoms with Crippen LogP contribution in [0.2, 0.25) is 0 Å². The summed E-state index contributed by atoms with van der Waals surface area (Å²) in [4.78, 5) is 28.5. The van der Waals surface area contributed by atoms with Crippen molar-refractivity contribution < 1.29 is 9.59 Å². The summed E-state index contributed by atoms with van der Waals surface area (Å²) in [5, 5.41) is 6.41. The Morgan fingerprint density at radius 1 is 1.33 bits per heavy atom. The number of carbonyl (C=O) groups excluding carboxylic acids is 2. The summed E-state index contributed by atoms with van der Waals surface area (Å²) in [7, 11) is 0. The number of benzene rings is 1. The molecule has 4 rings (SSSR count). The van der Waals surface area contributed by atoms with E-state index in [9.17, 15) is 9.59 Å². The quantitative estimate of drug-likeness (QED) is 0.720. The van der Waals surface area contributed by atoms with Crippen LogP contribution in [-0.2, 0) is 11.2 Å². The van der Waals surface area contributed by atoms with Gasteiger partial charge in [0, 0.05) is 17.6 Å². The van der Waals surface area contributed by atoms with Crippen molar-refractivity contribution in [1.82, 2.24) is 9.38 Å². The number of pyridine rings is 1. The van der Waals surface area contributed by atoms with E-state index in [1.54, 1.807) is 12.1 Å². The van der Waals surface area contributed by atoms with Crippen LogP contribution in [0.5, 0.6) is 0 Å². The van der Waals surface area contributed by atoms with Gasteiger partial charge >= 0.3 is 0 Å². The van der Waals surface area contributed by atoms with Crippen molar-refractivity contribution >= 4 is 40.5 Å². The number of aromatic nitrogens is 2. The molecule has 1 aromatic carbocycles. The lowest BCUT2D eigenvalue weighted by atomic mass is 10.1. The molecular formula is C17H14N4O2S. The molecule has 2 aromatic heterocycles. The first kappa shape index (κ1) is 14.8. The van der Waals surface area contributed by atoms with Crippen LogP contribution in [0.3, 0.4) is 0 Å². The minimum absolute atomic E-state index is 0.0295. The number of hydrogen-bond donors (Lipinski definition) is 2. The monoisotopic (exact) mass is 338 g/mol. The second kappa shape index (κ2) is 5.68. The Labute approximate surface area is 142 Å². The van der Waals surface area contributed by atoms with Gasteiger partial charge in [-0.2, -0.15) is 0 Å². The van der Waals surface area contributed by atoms with Gasteiger partial charge in [-0.3, -0.25) is 14.0 Å². The van der Waals surface area contributed by atoms with Crippen molar-refractivity contribution in [2.24, 2.45) is 0 Å². The van der Waals surface area contributed by atoms with E-state index >= 15 is 0 Å². The van der Waals surface area contributed by atoms with Crippen molar-refractivity contribution in [2.45, 2.75) is 11.6 Å². The van der Waals surface area contributed by atoms with Gasteiger partial charge in [0.05, 0.1) is 11.9 Å². The van der Waals surface area contributed by atoms with E-state index in [2.05, 4.69) is 15.6 Å². The zero-order valence-corrected chi connectivity index (χ0v) is 13.7. The molecule has 6 nitrogen and oxygen atoms in total. The van der Waals surface area contributed by atoms with Gasteiger partial charge in [0.15, 0.2) is 10.9 Å². The van der Waals surface area contributed by atoms with Crippen molar-refractivity contribution in [3.05, 3.63) is 53.9 Å². The molecule has 1 aliphatic rings. The molecule has 0 bridgehead atoms. The molecule has 2 N–H and O–H groups in total. The number of thioether (sulfide) groups is 1. The van der Waals surface area contributed by atoms with Gasteiger partial charge in [0.2, 0.25) is 5.91 Å². The molecule has 0 fully saturated rings.